The lowest BCUT2D eigenvalue weighted by molar-refractivity contribution is -0.146. The fourth-order valence-corrected chi connectivity index (χ4v) is 2.96. The number of rotatable bonds is 6. The van der Waals surface area contributed by atoms with Gasteiger partial charge in [0.15, 0.2) is 0 Å². The van der Waals surface area contributed by atoms with Crippen LogP contribution in [0.3, 0.4) is 0 Å². The molecule has 2 fully saturated rings. The molecule has 0 bridgehead atoms. The van der Waals surface area contributed by atoms with E-state index in [-0.39, 0.29) is 24.3 Å². The molecule has 1 amide bonds. The third-order valence-electron chi connectivity index (χ3n) is 4.29. The Morgan fingerprint density at radius 1 is 1.33 bits per heavy atom. The van der Waals surface area contributed by atoms with Gasteiger partial charge in [-0.3, -0.25) is 9.59 Å². The number of nitrogens with zero attached hydrogens (tertiary/aromatic N) is 1. The van der Waals surface area contributed by atoms with Crippen LogP contribution in [0, 0.1) is 5.92 Å². The molecule has 2 saturated heterocycles. The summed E-state index contributed by atoms with van der Waals surface area (Å²) >= 11 is 0. The fraction of sp³-hybridized carbons (Fsp3) is 0.867. The van der Waals surface area contributed by atoms with Gasteiger partial charge >= 0.3 is 5.97 Å². The normalized spacial score (nSPS) is 25.0. The maximum absolute atomic E-state index is 12.3. The molecule has 6 nitrogen and oxygen atoms in total. The topological polar surface area (TPSA) is 76.1 Å². The first kappa shape index (κ1) is 16.2. The predicted octanol–water partition coefficient (Wildman–Crippen LogP) is 1.28. The number of carboxylic acids is 1. The van der Waals surface area contributed by atoms with E-state index in [2.05, 4.69) is 0 Å². The quantitative estimate of drug-likeness (QED) is 0.799. The molecule has 0 aromatic carbocycles. The van der Waals surface area contributed by atoms with Gasteiger partial charge in [0, 0.05) is 26.1 Å². The van der Waals surface area contributed by atoms with Crippen molar-refractivity contribution in [1.82, 2.24) is 4.90 Å². The van der Waals surface area contributed by atoms with E-state index in [1.807, 2.05) is 0 Å². The van der Waals surface area contributed by atoms with Crippen LogP contribution in [0.2, 0.25) is 0 Å². The highest BCUT2D eigenvalue weighted by Crippen LogP contribution is 2.21. The highest BCUT2D eigenvalue weighted by molar-refractivity contribution is 5.80. The first-order valence-electron chi connectivity index (χ1n) is 7.80. The Morgan fingerprint density at radius 3 is 2.62 bits per heavy atom. The molecule has 2 aliphatic heterocycles. The Hall–Kier alpha value is -1.14. The average Bonchev–Trinajstić information content (AvgIpc) is 2.97. The summed E-state index contributed by atoms with van der Waals surface area (Å²) in [4.78, 5) is 24.8. The number of hydrogen-bond donors (Lipinski definition) is 1. The maximum Gasteiger partial charge on any atom is 0.303 e. The monoisotopic (exact) mass is 299 g/mol. The summed E-state index contributed by atoms with van der Waals surface area (Å²) in [5.41, 5.74) is 0. The van der Waals surface area contributed by atoms with E-state index in [1.54, 1.807) is 11.8 Å². The van der Waals surface area contributed by atoms with Gasteiger partial charge in [-0.25, -0.2) is 0 Å². The van der Waals surface area contributed by atoms with Crippen molar-refractivity contribution in [2.24, 2.45) is 5.92 Å². The number of piperidine rings is 1. The van der Waals surface area contributed by atoms with Crippen molar-refractivity contribution in [2.45, 2.75) is 51.2 Å². The van der Waals surface area contributed by atoms with Crippen LogP contribution < -0.4 is 0 Å². The first-order chi connectivity index (χ1) is 10.1. The molecule has 0 aliphatic carbocycles. The summed E-state index contributed by atoms with van der Waals surface area (Å²) in [6, 6.07) is 0. The Morgan fingerprint density at radius 2 is 2.05 bits per heavy atom. The molecule has 0 saturated carbocycles. The average molecular weight is 299 g/mol. The molecule has 1 N–H and O–H groups in total. The van der Waals surface area contributed by atoms with E-state index < -0.39 is 12.1 Å². The van der Waals surface area contributed by atoms with Gasteiger partial charge in [-0.2, -0.15) is 0 Å². The second kappa shape index (κ2) is 7.75. The third-order valence-corrected chi connectivity index (χ3v) is 4.29. The Balaban J connectivity index is 1.69. The summed E-state index contributed by atoms with van der Waals surface area (Å²) in [6.45, 7) is 4.30. The lowest BCUT2D eigenvalue weighted by Crippen LogP contribution is -2.44. The van der Waals surface area contributed by atoms with Gasteiger partial charge in [0.05, 0.1) is 12.7 Å². The molecule has 0 unspecified atom stereocenters. The number of carbonyl (C=O) groups is 2. The largest absolute Gasteiger partial charge is 0.481 e. The smallest absolute Gasteiger partial charge is 0.303 e. The van der Waals surface area contributed by atoms with Crippen molar-refractivity contribution < 1.29 is 24.2 Å². The number of likely N-dealkylation sites (tertiary alicyclic amines) is 1. The summed E-state index contributed by atoms with van der Waals surface area (Å²) in [5, 5.41) is 8.79. The van der Waals surface area contributed by atoms with E-state index in [9.17, 15) is 9.59 Å². The number of amides is 1. The predicted molar refractivity (Wildman–Crippen MR) is 75.9 cm³/mol. The standard InChI is InChI=1S/C15H25NO5/c1-11(21-10-13-3-2-8-20-13)15(19)16-6-4-12(5-7-16)9-14(17)18/h11-13H,2-10H2,1H3,(H,17,18)/t11-,13-/m1/s1. The zero-order valence-electron chi connectivity index (χ0n) is 12.6. The Labute approximate surface area is 125 Å². The molecule has 0 spiro atoms. The Bertz CT molecular complexity index is 359. The lowest BCUT2D eigenvalue weighted by atomic mass is 9.93. The molecule has 0 aromatic heterocycles. The van der Waals surface area contributed by atoms with Crippen LogP contribution in [0.25, 0.3) is 0 Å². The molecule has 0 radical (unpaired) electrons. The van der Waals surface area contributed by atoms with Crippen molar-refractivity contribution in [3.63, 3.8) is 0 Å². The fourth-order valence-electron chi connectivity index (χ4n) is 2.96. The van der Waals surface area contributed by atoms with Gasteiger partial charge in [0.1, 0.15) is 6.10 Å². The summed E-state index contributed by atoms with van der Waals surface area (Å²) in [5.74, 6) is -0.565. The summed E-state index contributed by atoms with van der Waals surface area (Å²) in [7, 11) is 0. The van der Waals surface area contributed by atoms with Crippen LogP contribution in [-0.4, -0.2) is 60.4 Å². The summed E-state index contributed by atoms with van der Waals surface area (Å²) < 4.78 is 11.1. The Kier molecular flexibility index (Phi) is 5.99. The van der Waals surface area contributed by atoms with Crippen molar-refractivity contribution >= 4 is 11.9 Å². The van der Waals surface area contributed by atoms with E-state index in [0.717, 1.165) is 32.3 Å². The second-order valence-corrected chi connectivity index (χ2v) is 5.98. The molecule has 0 aromatic rings. The van der Waals surface area contributed by atoms with Crippen LogP contribution in [0.1, 0.15) is 39.0 Å². The van der Waals surface area contributed by atoms with Crippen molar-refractivity contribution in [3.05, 3.63) is 0 Å². The van der Waals surface area contributed by atoms with Crippen LogP contribution in [-0.2, 0) is 19.1 Å². The molecule has 6 heteroatoms. The molecular weight excluding hydrogens is 274 g/mol. The van der Waals surface area contributed by atoms with Gasteiger partial charge in [-0.1, -0.05) is 0 Å². The first-order valence-corrected chi connectivity index (χ1v) is 7.80. The molecule has 2 rings (SSSR count). The number of ether oxygens (including phenoxy) is 2. The molecule has 2 atom stereocenters. The number of aliphatic carboxylic acids is 1. The van der Waals surface area contributed by atoms with E-state index in [4.69, 9.17) is 14.6 Å². The molecule has 120 valence electrons. The van der Waals surface area contributed by atoms with Crippen LogP contribution in [0.5, 0.6) is 0 Å². The van der Waals surface area contributed by atoms with E-state index >= 15 is 0 Å². The number of carbonyl (C=O) groups excluding carboxylic acids is 1. The van der Waals surface area contributed by atoms with Gasteiger partial charge in [0.2, 0.25) is 0 Å². The number of hydrogen-bond acceptors (Lipinski definition) is 4. The highest BCUT2D eigenvalue weighted by atomic mass is 16.5. The van der Waals surface area contributed by atoms with E-state index in [1.165, 1.54) is 0 Å². The maximum atomic E-state index is 12.3. The van der Waals surface area contributed by atoms with E-state index in [0.29, 0.717) is 19.7 Å². The minimum Gasteiger partial charge on any atom is -0.481 e. The van der Waals surface area contributed by atoms with Crippen LogP contribution >= 0.6 is 0 Å². The molecule has 21 heavy (non-hydrogen) atoms. The minimum atomic E-state index is -0.756. The zero-order chi connectivity index (χ0) is 15.2. The van der Waals surface area contributed by atoms with Crippen molar-refractivity contribution in [3.8, 4) is 0 Å². The van der Waals surface area contributed by atoms with Crippen molar-refractivity contribution in [2.75, 3.05) is 26.3 Å². The third kappa shape index (κ3) is 4.97. The minimum absolute atomic E-state index is 0.00164. The van der Waals surface area contributed by atoms with Crippen LogP contribution in [0.4, 0.5) is 0 Å². The van der Waals surface area contributed by atoms with Gasteiger partial charge in [0.25, 0.3) is 5.91 Å². The number of carboxylic acid groups (broad SMARTS) is 1. The SMILES string of the molecule is C[C@@H](OC[C@H]1CCCO1)C(=O)N1CCC(CC(=O)O)CC1. The van der Waals surface area contributed by atoms with Gasteiger partial charge < -0.3 is 19.5 Å². The van der Waals surface area contributed by atoms with Crippen LogP contribution in [0.15, 0.2) is 0 Å². The molecular formula is C15H25NO5. The second-order valence-electron chi connectivity index (χ2n) is 5.98. The summed E-state index contributed by atoms with van der Waals surface area (Å²) in [6.07, 6.45) is 3.46. The highest BCUT2D eigenvalue weighted by Gasteiger charge is 2.28. The van der Waals surface area contributed by atoms with Gasteiger partial charge in [-0.15, -0.1) is 0 Å². The van der Waals surface area contributed by atoms with Crippen molar-refractivity contribution in [1.29, 1.82) is 0 Å². The lowest BCUT2D eigenvalue weighted by Gasteiger charge is -2.33. The molecule has 2 heterocycles. The zero-order valence-corrected chi connectivity index (χ0v) is 12.6. The van der Waals surface area contributed by atoms with Gasteiger partial charge in [-0.05, 0) is 38.5 Å². The molecule has 2 aliphatic rings.